The first kappa shape index (κ1) is 7.80. The molecule has 1 unspecified atom stereocenters. The van der Waals surface area contributed by atoms with Gasteiger partial charge in [0.05, 0.1) is 0 Å². The fourth-order valence-corrected chi connectivity index (χ4v) is 0.524. The lowest BCUT2D eigenvalue weighted by atomic mass is 11.3. The first-order chi connectivity index (χ1) is 3.50. The van der Waals surface area contributed by atoms with Crippen LogP contribution < -0.4 is 0 Å². The van der Waals surface area contributed by atoms with Gasteiger partial charge in [0, 0.05) is 5.41 Å². The molecule has 0 aliphatic rings. The Kier molecular flexibility index (Phi) is 2.32. The predicted molar refractivity (Wildman–Crippen MR) is 29.9 cm³/mol. The van der Waals surface area contributed by atoms with Crippen LogP contribution in [0.2, 0.25) is 0 Å². The van der Waals surface area contributed by atoms with E-state index < -0.39 is 19.0 Å². The first-order valence-corrected chi connectivity index (χ1v) is 4.66. The second-order valence-corrected chi connectivity index (χ2v) is 4.88. The van der Waals surface area contributed by atoms with Crippen LogP contribution in [-0.4, -0.2) is 17.2 Å². The molecule has 0 fully saturated rings. The molecule has 6 heteroatoms. The molecule has 0 aromatic carbocycles. The third-order valence-corrected chi connectivity index (χ3v) is 2.81. The second-order valence-electron chi connectivity index (χ2n) is 0.877. The predicted octanol–water partition coefficient (Wildman–Crippen LogP) is -0.319. The highest BCUT2D eigenvalue weighted by Gasteiger charge is 2.10. The molecule has 0 heterocycles. The number of rotatable bonds is 2. The van der Waals surface area contributed by atoms with Gasteiger partial charge in [-0.2, -0.15) is 0 Å². The van der Waals surface area contributed by atoms with E-state index in [2.05, 4.69) is 6.58 Å². The monoisotopic (exact) mass is 156 g/mol. The fraction of sp³-hybridized carbons (Fsp3) is 0. The van der Waals surface area contributed by atoms with E-state index in [1.807, 2.05) is 0 Å². The molecule has 4 nitrogen and oxygen atoms in total. The standard InChI is InChI=1S/C2H4O4S2/c1-2-8(5,6)7(3)4/h2H,1H2,(H,3,4). The lowest BCUT2D eigenvalue weighted by Gasteiger charge is -1.83. The number of hydrogen-bond acceptors (Lipinski definition) is 3. The lowest BCUT2D eigenvalue weighted by molar-refractivity contribution is 0.565. The summed E-state index contributed by atoms with van der Waals surface area (Å²) in [6.07, 6.45) is 0. The molecule has 0 bridgehead atoms. The highest BCUT2D eigenvalue weighted by molar-refractivity contribution is 8.63. The molecule has 0 saturated carbocycles. The van der Waals surface area contributed by atoms with Gasteiger partial charge in [0.2, 0.25) is 0 Å². The van der Waals surface area contributed by atoms with Crippen LogP contribution in [0.25, 0.3) is 0 Å². The minimum Gasteiger partial charge on any atom is -0.294 e. The van der Waals surface area contributed by atoms with Gasteiger partial charge in [-0.05, 0) is 0 Å². The van der Waals surface area contributed by atoms with E-state index in [0.717, 1.165) is 0 Å². The third-order valence-electron chi connectivity index (χ3n) is 0.403. The Labute approximate surface area is 48.8 Å². The maximum Gasteiger partial charge on any atom is 0.278 e. The van der Waals surface area contributed by atoms with E-state index in [1.54, 1.807) is 0 Å². The Morgan fingerprint density at radius 2 is 2.00 bits per heavy atom. The van der Waals surface area contributed by atoms with Crippen LogP contribution in [0.3, 0.4) is 0 Å². The van der Waals surface area contributed by atoms with Crippen molar-refractivity contribution in [2.24, 2.45) is 0 Å². The van der Waals surface area contributed by atoms with Crippen molar-refractivity contribution in [2.75, 3.05) is 0 Å². The molecule has 8 heavy (non-hydrogen) atoms. The quantitative estimate of drug-likeness (QED) is 0.439. The van der Waals surface area contributed by atoms with Crippen molar-refractivity contribution in [1.29, 1.82) is 0 Å². The fourth-order valence-electron chi connectivity index (χ4n) is 0.0582. The van der Waals surface area contributed by atoms with E-state index >= 15 is 0 Å². The summed E-state index contributed by atoms with van der Waals surface area (Å²) in [6.45, 7) is 2.81. The van der Waals surface area contributed by atoms with Gasteiger partial charge in [-0.3, -0.25) is 4.55 Å². The Morgan fingerprint density at radius 1 is 1.62 bits per heavy atom. The van der Waals surface area contributed by atoms with E-state index in [0.29, 0.717) is 5.41 Å². The molecule has 0 radical (unpaired) electrons. The van der Waals surface area contributed by atoms with Gasteiger partial charge in [-0.1, -0.05) is 6.58 Å². The van der Waals surface area contributed by atoms with Crippen molar-refractivity contribution in [3.63, 3.8) is 0 Å². The third kappa shape index (κ3) is 1.73. The van der Waals surface area contributed by atoms with E-state index in [4.69, 9.17) is 4.55 Å². The summed E-state index contributed by atoms with van der Waals surface area (Å²) in [5, 5.41) is 0.434. The summed E-state index contributed by atoms with van der Waals surface area (Å²) in [6, 6.07) is 0. The topological polar surface area (TPSA) is 71.4 Å². The van der Waals surface area contributed by atoms with Gasteiger partial charge in [0.25, 0.3) is 19.0 Å². The first-order valence-electron chi connectivity index (χ1n) is 1.49. The summed E-state index contributed by atoms with van der Waals surface area (Å²) in [5.41, 5.74) is 0. The summed E-state index contributed by atoms with van der Waals surface area (Å²) >= 11 is 0. The summed E-state index contributed by atoms with van der Waals surface area (Å²) in [4.78, 5) is 0. The van der Waals surface area contributed by atoms with Gasteiger partial charge < -0.3 is 0 Å². The minimum atomic E-state index is -3.94. The van der Waals surface area contributed by atoms with Crippen molar-refractivity contribution >= 4 is 19.0 Å². The summed E-state index contributed by atoms with van der Waals surface area (Å²) < 4.78 is 37.7. The van der Waals surface area contributed by atoms with E-state index in [9.17, 15) is 12.6 Å². The van der Waals surface area contributed by atoms with E-state index in [1.165, 1.54) is 0 Å². The summed E-state index contributed by atoms with van der Waals surface area (Å²) in [5.74, 6) is 0. The molecule has 48 valence electrons. The molecule has 0 spiro atoms. The summed E-state index contributed by atoms with van der Waals surface area (Å²) in [7, 11) is -6.77. The Bertz CT molecular complexity index is 200. The SMILES string of the molecule is C=CS(=O)(=O)S(=O)O. The molecular weight excluding hydrogens is 152 g/mol. The maximum atomic E-state index is 10.0. The van der Waals surface area contributed by atoms with Crippen LogP contribution >= 0.6 is 0 Å². The highest BCUT2D eigenvalue weighted by atomic mass is 33.2. The molecule has 1 atom stereocenters. The Morgan fingerprint density at radius 3 is 2.00 bits per heavy atom. The van der Waals surface area contributed by atoms with Crippen molar-refractivity contribution in [1.82, 2.24) is 0 Å². The zero-order chi connectivity index (χ0) is 6.78. The average molecular weight is 156 g/mol. The molecule has 0 amide bonds. The van der Waals surface area contributed by atoms with Crippen molar-refractivity contribution in [3.05, 3.63) is 12.0 Å². The lowest BCUT2D eigenvalue weighted by Crippen LogP contribution is -2.01. The van der Waals surface area contributed by atoms with Crippen LogP contribution in [-0.2, 0) is 19.0 Å². The van der Waals surface area contributed by atoms with Gasteiger partial charge >= 0.3 is 0 Å². The highest BCUT2D eigenvalue weighted by Crippen LogP contribution is 1.92. The van der Waals surface area contributed by atoms with Crippen LogP contribution in [0.4, 0.5) is 0 Å². The van der Waals surface area contributed by atoms with Crippen LogP contribution in [0.15, 0.2) is 12.0 Å². The molecule has 0 aromatic rings. The molecular formula is C2H4O4S2. The van der Waals surface area contributed by atoms with Crippen molar-refractivity contribution in [2.45, 2.75) is 0 Å². The van der Waals surface area contributed by atoms with Gasteiger partial charge in [-0.25, -0.2) is 12.6 Å². The smallest absolute Gasteiger partial charge is 0.278 e. The zero-order valence-electron chi connectivity index (χ0n) is 3.77. The zero-order valence-corrected chi connectivity index (χ0v) is 5.41. The number of hydrogen-bond donors (Lipinski definition) is 1. The van der Waals surface area contributed by atoms with Crippen LogP contribution in [0.5, 0.6) is 0 Å². The van der Waals surface area contributed by atoms with Crippen LogP contribution in [0, 0.1) is 0 Å². The van der Waals surface area contributed by atoms with E-state index in [-0.39, 0.29) is 0 Å². The maximum absolute atomic E-state index is 10.0. The Hall–Kier alpha value is -0.200. The Balaban J connectivity index is 4.68. The second kappa shape index (κ2) is 2.38. The molecule has 0 aliphatic heterocycles. The van der Waals surface area contributed by atoms with Crippen molar-refractivity contribution in [3.8, 4) is 0 Å². The average Bonchev–Trinajstić information content (AvgIpc) is 1.67. The van der Waals surface area contributed by atoms with Gasteiger partial charge in [-0.15, -0.1) is 0 Å². The van der Waals surface area contributed by atoms with Crippen molar-refractivity contribution < 1.29 is 17.2 Å². The van der Waals surface area contributed by atoms with Crippen LogP contribution in [0.1, 0.15) is 0 Å². The molecule has 1 N–H and O–H groups in total. The minimum absolute atomic E-state index is 0.434. The molecule has 0 aliphatic carbocycles. The molecule has 0 saturated heterocycles. The van der Waals surface area contributed by atoms with Gasteiger partial charge in [0.1, 0.15) is 0 Å². The largest absolute Gasteiger partial charge is 0.294 e. The molecule has 0 aromatic heterocycles. The van der Waals surface area contributed by atoms with Gasteiger partial charge in [0.15, 0.2) is 0 Å². The normalized spacial score (nSPS) is 15.1. The molecule has 0 rings (SSSR count).